The first-order valence-electron chi connectivity index (χ1n) is 17.5. The van der Waals surface area contributed by atoms with Crippen molar-refractivity contribution < 1.29 is 19.1 Å². The molecule has 0 unspecified atom stereocenters. The summed E-state index contributed by atoms with van der Waals surface area (Å²) in [4.78, 5) is 26.7. The molecule has 228 valence electrons. The van der Waals surface area contributed by atoms with Crippen molar-refractivity contribution in [2.75, 3.05) is 0 Å². The summed E-state index contributed by atoms with van der Waals surface area (Å²) in [5.74, 6) is 1.64. The first kappa shape index (κ1) is 30.6. The lowest BCUT2D eigenvalue weighted by atomic mass is 9.40. The predicted molar refractivity (Wildman–Crippen MR) is 161 cm³/mol. The first-order valence-corrected chi connectivity index (χ1v) is 17.5. The lowest BCUT2D eigenvalue weighted by molar-refractivity contribution is -0.197. The number of ether oxygens (including phenoxy) is 2. The van der Waals surface area contributed by atoms with Crippen LogP contribution in [0.2, 0.25) is 0 Å². The largest absolute Gasteiger partial charge is 0.454 e. The molecule has 1 saturated heterocycles. The van der Waals surface area contributed by atoms with Crippen LogP contribution >= 0.6 is 0 Å². The van der Waals surface area contributed by atoms with Crippen LogP contribution in [0.25, 0.3) is 0 Å². The van der Waals surface area contributed by atoms with Gasteiger partial charge >= 0.3 is 5.97 Å². The van der Waals surface area contributed by atoms with Crippen LogP contribution in [0.4, 0.5) is 0 Å². The van der Waals surface area contributed by atoms with Crippen molar-refractivity contribution in [3.8, 4) is 0 Å². The lowest BCUT2D eigenvalue weighted by Gasteiger charge is -2.64. The second-order valence-electron chi connectivity index (χ2n) is 15.8. The molecule has 5 rings (SSSR count). The monoisotopic (exact) mass is 556 g/mol. The molecule has 0 aromatic carbocycles. The highest BCUT2D eigenvalue weighted by molar-refractivity contribution is 5.91. The number of hydrogen-bond donors (Lipinski definition) is 0. The van der Waals surface area contributed by atoms with Gasteiger partial charge in [0.25, 0.3) is 0 Å². The molecule has 0 aromatic heterocycles. The molecule has 5 aliphatic rings. The third-order valence-electron chi connectivity index (χ3n) is 13.0. The second-order valence-corrected chi connectivity index (χ2v) is 15.8. The Morgan fingerprint density at radius 2 is 1.40 bits per heavy atom. The standard InChI is InChI=1S/C36H60O4/c1-6-7-8-9-10-11-12-13-14-15-16-17-18-19-30(37)39-27-25-34(4)28(33(2,3)31(27)38)22-23-36-24-26(20-21-29(34)36)35(5)32(36)40-35/h26-29,32H,6-25H2,1-5H3/t26-,27+,28+,29-,32-,34+,35-,36-/m0/s1. The zero-order valence-electron chi connectivity index (χ0n) is 26.7. The molecule has 8 atom stereocenters. The van der Waals surface area contributed by atoms with Gasteiger partial charge in [-0.2, -0.15) is 0 Å². The van der Waals surface area contributed by atoms with Gasteiger partial charge in [-0.25, -0.2) is 0 Å². The van der Waals surface area contributed by atoms with Crippen LogP contribution in [0.3, 0.4) is 0 Å². The van der Waals surface area contributed by atoms with Crippen LogP contribution in [0.5, 0.6) is 0 Å². The van der Waals surface area contributed by atoms with E-state index < -0.39 is 11.5 Å². The van der Waals surface area contributed by atoms with E-state index in [0.717, 1.165) is 19.3 Å². The summed E-state index contributed by atoms with van der Waals surface area (Å²) in [6, 6.07) is 0. The molecular weight excluding hydrogens is 496 g/mol. The maximum atomic E-state index is 13.7. The summed E-state index contributed by atoms with van der Waals surface area (Å²) in [7, 11) is 0. The van der Waals surface area contributed by atoms with Gasteiger partial charge in [0, 0.05) is 17.3 Å². The number of fused-ring (bicyclic) bond motifs is 5. The van der Waals surface area contributed by atoms with Gasteiger partial charge in [0.1, 0.15) is 0 Å². The number of epoxide rings is 1. The normalized spacial score (nSPS) is 40.7. The summed E-state index contributed by atoms with van der Waals surface area (Å²) in [6.45, 7) is 11.4. The molecule has 5 fully saturated rings. The summed E-state index contributed by atoms with van der Waals surface area (Å²) >= 11 is 0. The SMILES string of the molecule is CCCCCCCCCCCCCCCC(=O)O[C@@H]1C[C@]2(C)[C@H](CC[C@]34C[C@H](CC[C@@H]23)[C@]2(C)O[C@H]42)C(C)(C)C1=O. The number of carbonyl (C=O) groups excluding carboxylic acids is 2. The minimum Gasteiger partial charge on any atom is -0.454 e. The van der Waals surface area contributed by atoms with Gasteiger partial charge in [-0.05, 0) is 75.0 Å². The molecular formula is C36H60O4. The van der Waals surface area contributed by atoms with E-state index in [1.165, 1.54) is 96.3 Å². The number of Topliss-reactive ketones (excluding diaryl/α,β-unsaturated/α-hetero) is 1. The number of carbonyl (C=O) groups is 2. The first-order chi connectivity index (χ1) is 19.1. The van der Waals surface area contributed by atoms with E-state index in [1.54, 1.807) is 0 Å². The summed E-state index contributed by atoms with van der Waals surface area (Å²) in [5, 5.41) is 0. The van der Waals surface area contributed by atoms with Gasteiger partial charge in [0.05, 0.1) is 11.7 Å². The molecule has 0 aromatic rings. The van der Waals surface area contributed by atoms with Crippen molar-refractivity contribution >= 4 is 11.8 Å². The molecule has 0 N–H and O–H groups in total. The smallest absolute Gasteiger partial charge is 0.306 e. The van der Waals surface area contributed by atoms with E-state index in [9.17, 15) is 9.59 Å². The third-order valence-corrected chi connectivity index (χ3v) is 13.0. The fourth-order valence-electron chi connectivity index (χ4n) is 10.9. The molecule has 0 radical (unpaired) electrons. The molecule has 40 heavy (non-hydrogen) atoms. The van der Waals surface area contributed by atoms with Crippen molar-refractivity contribution in [1.82, 2.24) is 0 Å². The van der Waals surface area contributed by atoms with E-state index in [2.05, 4.69) is 34.6 Å². The molecule has 0 amide bonds. The van der Waals surface area contributed by atoms with Gasteiger partial charge in [0.15, 0.2) is 11.9 Å². The summed E-state index contributed by atoms with van der Waals surface area (Å²) < 4.78 is 12.5. The van der Waals surface area contributed by atoms with Crippen molar-refractivity contribution in [2.24, 2.45) is 34.0 Å². The van der Waals surface area contributed by atoms with Crippen LogP contribution in [0.1, 0.15) is 163 Å². The number of esters is 1. The molecule has 4 saturated carbocycles. The maximum absolute atomic E-state index is 13.7. The van der Waals surface area contributed by atoms with Crippen molar-refractivity contribution in [1.29, 1.82) is 0 Å². The van der Waals surface area contributed by atoms with Crippen LogP contribution < -0.4 is 0 Å². The van der Waals surface area contributed by atoms with E-state index in [0.29, 0.717) is 36.7 Å². The fourth-order valence-corrected chi connectivity index (χ4v) is 10.9. The highest BCUT2D eigenvalue weighted by Gasteiger charge is 2.79. The van der Waals surface area contributed by atoms with Gasteiger partial charge in [-0.1, -0.05) is 105 Å². The predicted octanol–water partition coefficient (Wildman–Crippen LogP) is 9.37. The van der Waals surface area contributed by atoms with Crippen molar-refractivity contribution in [3.05, 3.63) is 0 Å². The fraction of sp³-hybridized carbons (Fsp3) is 0.944. The number of unbranched alkanes of at least 4 members (excludes halogenated alkanes) is 12. The molecule has 2 bridgehead atoms. The van der Waals surface area contributed by atoms with E-state index >= 15 is 0 Å². The Kier molecular flexibility index (Phi) is 9.17. The Bertz CT molecular complexity index is 910. The molecule has 4 aliphatic carbocycles. The molecule has 1 spiro atoms. The zero-order chi connectivity index (χ0) is 28.6. The van der Waals surface area contributed by atoms with E-state index in [1.807, 2.05) is 0 Å². The Balaban J connectivity index is 1.06. The molecule has 1 aliphatic heterocycles. The molecule has 4 nitrogen and oxygen atoms in total. The zero-order valence-corrected chi connectivity index (χ0v) is 26.7. The van der Waals surface area contributed by atoms with Crippen molar-refractivity contribution in [3.63, 3.8) is 0 Å². The van der Waals surface area contributed by atoms with Crippen LogP contribution in [0, 0.1) is 34.0 Å². The highest BCUT2D eigenvalue weighted by Crippen LogP contribution is 2.77. The van der Waals surface area contributed by atoms with Gasteiger partial charge in [0.2, 0.25) is 0 Å². The van der Waals surface area contributed by atoms with Crippen LogP contribution in [0.15, 0.2) is 0 Å². The summed E-state index contributed by atoms with van der Waals surface area (Å²) in [5.41, 5.74) is -0.0310. The minimum absolute atomic E-state index is 0.0261. The Morgan fingerprint density at radius 1 is 0.800 bits per heavy atom. The number of rotatable bonds is 15. The summed E-state index contributed by atoms with van der Waals surface area (Å²) in [6.07, 6.45) is 23.9. The third kappa shape index (κ3) is 5.46. The van der Waals surface area contributed by atoms with Crippen LogP contribution in [-0.2, 0) is 19.1 Å². The minimum atomic E-state index is -0.577. The van der Waals surface area contributed by atoms with Gasteiger partial charge < -0.3 is 9.47 Å². The molecule has 1 heterocycles. The number of hydrogen-bond acceptors (Lipinski definition) is 4. The Labute approximate surface area is 245 Å². The second kappa shape index (κ2) is 12.0. The molecule has 4 heteroatoms. The Hall–Kier alpha value is -0.900. The average Bonchev–Trinajstić information content (AvgIpc) is 3.59. The van der Waals surface area contributed by atoms with Gasteiger partial charge in [-0.3, -0.25) is 9.59 Å². The topological polar surface area (TPSA) is 55.9 Å². The van der Waals surface area contributed by atoms with E-state index in [4.69, 9.17) is 9.47 Å². The lowest BCUT2D eigenvalue weighted by Crippen LogP contribution is -2.63. The maximum Gasteiger partial charge on any atom is 0.306 e. The van der Waals surface area contributed by atoms with E-state index in [-0.39, 0.29) is 28.2 Å². The Morgan fingerprint density at radius 3 is 2.02 bits per heavy atom. The average molecular weight is 557 g/mol. The number of ketones is 1. The van der Waals surface area contributed by atoms with Crippen molar-refractivity contribution in [2.45, 2.75) is 181 Å². The quantitative estimate of drug-likeness (QED) is 0.115. The van der Waals surface area contributed by atoms with Gasteiger partial charge in [-0.15, -0.1) is 0 Å². The van der Waals surface area contributed by atoms with Crippen LogP contribution in [-0.4, -0.2) is 29.6 Å². The highest BCUT2D eigenvalue weighted by atomic mass is 16.6.